The minimum absolute atomic E-state index is 0.253. The van der Waals surface area contributed by atoms with Crippen molar-refractivity contribution in [3.63, 3.8) is 0 Å². The van der Waals surface area contributed by atoms with Crippen molar-refractivity contribution in [1.29, 1.82) is 0 Å². The monoisotopic (exact) mass is 173 g/mol. The smallest absolute Gasteiger partial charge is 0.299 e. The van der Waals surface area contributed by atoms with Gasteiger partial charge in [-0.25, -0.2) is 4.59 Å². The summed E-state index contributed by atoms with van der Waals surface area (Å²) in [4.78, 5) is 11.0. The van der Waals surface area contributed by atoms with Crippen LogP contribution in [0.3, 0.4) is 0 Å². The molecule has 0 aliphatic carbocycles. The second-order valence-electron chi connectivity index (χ2n) is 3.38. The first-order valence-corrected chi connectivity index (χ1v) is 4.16. The number of carbonyl (C=O) groups excluding carboxylic acids is 1. The topological polar surface area (TPSA) is 58.6 Å². The molecule has 0 bridgehead atoms. The molecule has 2 rings (SSSR count). The van der Waals surface area contributed by atoms with Gasteiger partial charge in [-0.2, -0.15) is 5.43 Å². The van der Waals surface area contributed by atoms with Crippen LogP contribution in [-0.2, 0) is 9.53 Å². The van der Waals surface area contributed by atoms with Crippen molar-refractivity contribution >= 4 is 5.91 Å². The molecule has 12 heavy (non-hydrogen) atoms. The Bertz CT molecular complexity index is 201. The maximum atomic E-state index is 11.0. The van der Waals surface area contributed by atoms with Gasteiger partial charge >= 0.3 is 0 Å². The van der Waals surface area contributed by atoms with E-state index in [1.807, 2.05) is 0 Å². The lowest BCUT2D eigenvalue weighted by atomic mass is 10.3. The molecule has 2 N–H and O–H groups in total. The maximum absolute atomic E-state index is 11.0. The Kier molecular flexibility index (Phi) is 1.79. The van der Waals surface area contributed by atoms with E-state index in [1.165, 1.54) is 0 Å². The first kappa shape index (κ1) is 7.97. The fourth-order valence-electron chi connectivity index (χ4n) is 1.75. The van der Waals surface area contributed by atoms with E-state index in [9.17, 15) is 9.90 Å². The summed E-state index contributed by atoms with van der Waals surface area (Å²) < 4.78 is 5.68. The molecule has 2 heterocycles. The van der Waals surface area contributed by atoms with Crippen LogP contribution in [0.4, 0.5) is 0 Å². The van der Waals surface area contributed by atoms with Gasteiger partial charge in [0.1, 0.15) is 19.6 Å². The van der Waals surface area contributed by atoms with E-state index in [1.54, 1.807) is 0 Å². The van der Waals surface area contributed by atoms with Crippen LogP contribution in [0, 0.1) is 0 Å². The van der Waals surface area contributed by atoms with Crippen LogP contribution >= 0.6 is 0 Å². The SMILES string of the molecule is O=C1N[N+]2(CCOCC2)CC1O. The number of ether oxygens (including phenoxy) is 1. The van der Waals surface area contributed by atoms with E-state index in [4.69, 9.17) is 4.74 Å². The number of morpholine rings is 1. The number of amides is 1. The van der Waals surface area contributed by atoms with Gasteiger partial charge in [-0.1, -0.05) is 0 Å². The van der Waals surface area contributed by atoms with E-state index in [2.05, 4.69) is 5.43 Å². The van der Waals surface area contributed by atoms with Gasteiger partial charge in [0.15, 0.2) is 6.10 Å². The summed E-state index contributed by atoms with van der Waals surface area (Å²) in [6.07, 6.45) is -0.830. The van der Waals surface area contributed by atoms with E-state index in [0.717, 1.165) is 13.1 Å². The second kappa shape index (κ2) is 2.69. The summed E-state index contributed by atoms with van der Waals surface area (Å²) in [7, 11) is 0. The average Bonchev–Trinajstić information content (AvgIpc) is 2.29. The molecule has 0 aromatic carbocycles. The quantitative estimate of drug-likeness (QED) is 0.427. The summed E-state index contributed by atoms with van der Waals surface area (Å²) in [5, 5.41) is 9.25. The molecule has 0 aromatic rings. The number of carbonyl (C=O) groups is 1. The highest BCUT2D eigenvalue weighted by Gasteiger charge is 2.44. The molecular formula is C7H13N2O3+. The van der Waals surface area contributed by atoms with Gasteiger partial charge in [0.05, 0.1) is 13.2 Å². The van der Waals surface area contributed by atoms with Crippen LogP contribution in [0.1, 0.15) is 0 Å². The molecule has 2 aliphatic rings. The number of aliphatic hydroxyl groups is 1. The molecule has 1 atom stereocenters. The Morgan fingerprint density at radius 2 is 2.17 bits per heavy atom. The highest BCUT2D eigenvalue weighted by atomic mass is 16.5. The molecule has 2 aliphatic heterocycles. The summed E-state index contributed by atoms with van der Waals surface area (Å²) >= 11 is 0. The summed E-state index contributed by atoms with van der Waals surface area (Å²) in [6, 6.07) is 0. The third kappa shape index (κ3) is 1.20. The molecule has 1 spiro atoms. The van der Waals surface area contributed by atoms with Crippen LogP contribution < -0.4 is 5.43 Å². The van der Waals surface area contributed by atoms with Gasteiger partial charge < -0.3 is 9.84 Å². The van der Waals surface area contributed by atoms with Crippen molar-refractivity contribution in [1.82, 2.24) is 5.43 Å². The lowest BCUT2D eigenvalue weighted by Crippen LogP contribution is -2.60. The van der Waals surface area contributed by atoms with E-state index >= 15 is 0 Å². The predicted molar refractivity (Wildman–Crippen MR) is 39.8 cm³/mol. The predicted octanol–water partition coefficient (Wildman–Crippen LogP) is -1.76. The molecule has 1 unspecified atom stereocenters. The molecule has 2 fully saturated rings. The van der Waals surface area contributed by atoms with Crippen molar-refractivity contribution in [3.8, 4) is 0 Å². The molecule has 0 saturated carbocycles. The standard InChI is InChI=1S/C7H12N2O3/c10-6-5-9(8-7(6)11)1-3-12-4-2-9/h6,10H,1-5H2/p+1. The first-order chi connectivity index (χ1) is 5.72. The van der Waals surface area contributed by atoms with Crippen LogP contribution in [-0.4, -0.2) is 54.6 Å². The second-order valence-corrected chi connectivity index (χ2v) is 3.38. The summed E-state index contributed by atoms with van der Waals surface area (Å²) in [5.74, 6) is -0.253. The minimum atomic E-state index is -0.830. The highest BCUT2D eigenvalue weighted by molar-refractivity contribution is 5.80. The molecule has 5 heteroatoms. The number of nitrogens with one attached hydrogen (secondary N) is 1. The molecule has 0 radical (unpaired) electrons. The number of hydrogen-bond donors (Lipinski definition) is 2. The van der Waals surface area contributed by atoms with Crippen molar-refractivity contribution in [2.24, 2.45) is 0 Å². The van der Waals surface area contributed by atoms with Crippen LogP contribution in [0.15, 0.2) is 0 Å². The van der Waals surface area contributed by atoms with Crippen LogP contribution in [0.25, 0.3) is 0 Å². The third-order valence-corrected chi connectivity index (χ3v) is 2.50. The Morgan fingerprint density at radius 1 is 1.50 bits per heavy atom. The zero-order valence-corrected chi connectivity index (χ0v) is 6.82. The summed E-state index contributed by atoms with van der Waals surface area (Å²) in [6.45, 7) is 3.34. The van der Waals surface area contributed by atoms with Gasteiger partial charge in [0, 0.05) is 0 Å². The third-order valence-electron chi connectivity index (χ3n) is 2.50. The fourth-order valence-corrected chi connectivity index (χ4v) is 1.75. The number of aliphatic hydroxyl groups excluding tert-OH is 1. The van der Waals surface area contributed by atoms with Crippen molar-refractivity contribution in [2.75, 3.05) is 32.8 Å². The molecule has 0 aromatic heterocycles. The molecule has 5 nitrogen and oxygen atoms in total. The van der Waals surface area contributed by atoms with Gasteiger partial charge in [0.2, 0.25) is 0 Å². The maximum Gasteiger partial charge on any atom is 0.299 e. The number of hydrogen-bond acceptors (Lipinski definition) is 3. The van der Waals surface area contributed by atoms with Crippen molar-refractivity contribution < 1.29 is 19.2 Å². The van der Waals surface area contributed by atoms with Crippen LogP contribution in [0.2, 0.25) is 0 Å². The molecule has 2 saturated heterocycles. The largest absolute Gasteiger partial charge is 0.378 e. The lowest BCUT2D eigenvalue weighted by molar-refractivity contribution is -0.960. The van der Waals surface area contributed by atoms with Gasteiger partial charge in [-0.15, -0.1) is 0 Å². The Labute approximate surface area is 70.5 Å². The summed E-state index contributed by atoms with van der Waals surface area (Å²) in [5.41, 5.74) is 2.79. The Hall–Kier alpha value is -0.650. The number of nitrogens with zero attached hydrogens (tertiary/aromatic N) is 1. The zero-order chi connectivity index (χ0) is 8.60. The van der Waals surface area contributed by atoms with Crippen molar-refractivity contribution in [2.45, 2.75) is 6.10 Å². The van der Waals surface area contributed by atoms with Gasteiger partial charge in [-0.05, 0) is 0 Å². The minimum Gasteiger partial charge on any atom is -0.378 e. The molecular weight excluding hydrogens is 160 g/mol. The van der Waals surface area contributed by atoms with E-state index in [-0.39, 0.29) is 5.91 Å². The molecule has 1 amide bonds. The number of quaternary nitrogens is 1. The van der Waals surface area contributed by atoms with Crippen LogP contribution in [0.5, 0.6) is 0 Å². The Balaban J connectivity index is 2.07. The zero-order valence-electron chi connectivity index (χ0n) is 6.82. The van der Waals surface area contributed by atoms with E-state index < -0.39 is 6.10 Å². The van der Waals surface area contributed by atoms with E-state index in [0.29, 0.717) is 24.4 Å². The normalized spacial score (nSPS) is 33.8. The molecule has 68 valence electrons. The Morgan fingerprint density at radius 3 is 2.67 bits per heavy atom. The highest BCUT2D eigenvalue weighted by Crippen LogP contribution is 2.14. The fraction of sp³-hybridized carbons (Fsp3) is 0.857. The van der Waals surface area contributed by atoms with Gasteiger partial charge in [0.25, 0.3) is 5.91 Å². The van der Waals surface area contributed by atoms with Crippen molar-refractivity contribution in [3.05, 3.63) is 0 Å². The lowest BCUT2D eigenvalue weighted by Gasteiger charge is -2.34. The average molecular weight is 173 g/mol. The number of rotatable bonds is 0. The van der Waals surface area contributed by atoms with Gasteiger partial charge in [-0.3, -0.25) is 4.79 Å². The first-order valence-electron chi connectivity index (χ1n) is 4.16.